The number of amides is 1. The van der Waals surface area contributed by atoms with Crippen molar-refractivity contribution in [2.75, 3.05) is 0 Å². The number of hydrogen-bond donors (Lipinski definition) is 2. The predicted octanol–water partition coefficient (Wildman–Crippen LogP) is 0.0778. The molecule has 2 aromatic heterocycles. The van der Waals surface area contributed by atoms with Crippen molar-refractivity contribution in [3.8, 4) is 0 Å². The first kappa shape index (κ1) is 13.7. The highest BCUT2D eigenvalue weighted by Gasteiger charge is 2.06. The van der Waals surface area contributed by atoms with E-state index in [1.807, 2.05) is 0 Å². The van der Waals surface area contributed by atoms with Crippen LogP contribution in [0.25, 0.3) is 0 Å². The Bertz CT molecular complexity index is 597. The Kier molecular flexibility index (Phi) is 4.38. The van der Waals surface area contributed by atoms with E-state index < -0.39 is 5.97 Å². The van der Waals surface area contributed by atoms with Crippen molar-refractivity contribution in [2.24, 2.45) is 0 Å². The number of hydrogen-bond acceptors (Lipinski definition) is 5. The van der Waals surface area contributed by atoms with Gasteiger partial charge in [0.25, 0.3) is 0 Å². The molecule has 2 aromatic rings. The first-order valence-corrected chi connectivity index (χ1v) is 5.92. The van der Waals surface area contributed by atoms with E-state index in [0.717, 1.165) is 0 Å². The fourth-order valence-corrected chi connectivity index (χ4v) is 1.55. The monoisotopic (exact) mass is 275 g/mol. The molecule has 0 radical (unpaired) electrons. The molecule has 0 atom stereocenters. The van der Waals surface area contributed by atoms with Gasteiger partial charge in [0.15, 0.2) is 0 Å². The molecule has 0 spiro atoms. The van der Waals surface area contributed by atoms with Crippen LogP contribution in [0.3, 0.4) is 0 Å². The third kappa shape index (κ3) is 3.87. The van der Waals surface area contributed by atoms with Crippen LogP contribution in [0.1, 0.15) is 22.5 Å². The summed E-state index contributed by atoms with van der Waals surface area (Å²) in [5.74, 6) is -1.19. The molecule has 0 aromatic carbocycles. The van der Waals surface area contributed by atoms with E-state index in [0.29, 0.717) is 12.2 Å². The average Bonchev–Trinajstić information content (AvgIpc) is 2.96. The van der Waals surface area contributed by atoms with E-state index in [1.165, 1.54) is 31.0 Å². The molecular formula is C12H13N5O3. The Morgan fingerprint density at radius 2 is 2.25 bits per heavy atom. The molecule has 2 heterocycles. The standard InChI is InChI=1S/C12H13N5O3/c18-11(2-4-17-8-13-7-16-17)15-6-10-5-9(12(19)20)1-3-14-10/h1,3,5,7-8H,2,4,6H2,(H,15,18)(H,19,20). The molecule has 0 unspecified atom stereocenters. The Balaban J connectivity index is 1.81. The van der Waals surface area contributed by atoms with Crippen molar-refractivity contribution in [3.05, 3.63) is 42.2 Å². The largest absolute Gasteiger partial charge is 0.478 e. The van der Waals surface area contributed by atoms with Gasteiger partial charge < -0.3 is 10.4 Å². The van der Waals surface area contributed by atoms with Crippen LogP contribution in [-0.2, 0) is 17.9 Å². The maximum Gasteiger partial charge on any atom is 0.335 e. The predicted molar refractivity (Wildman–Crippen MR) is 67.7 cm³/mol. The van der Waals surface area contributed by atoms with Gasteiger partial charge in [-0.15, -0.1) is 0 Å². The van der Waals surface area contributed by atoms with Gasteiger partial charge in [-0.05, 0) is 12.1 Å². The molecule has 20 heavy (non-hydrogen) atoms. The van der Waals surface area contributed by atoms with Crippen LogP contribution in [0.4, 0.5) is 0 Å². The van der Waals surface area contributed by atoms with Gasteiger partial charge in [0, 0.05) is 12.6 Å². The quantitative estimate of drug-likeness (QED) is 0.772. The van der Waals surface area contributed by atoms with E-state index in [-0.39, 0.29) is 24.4 Å². The van der Waals surface area contributed by atoms with Crippen LogP contribution < -0.4 is 5.32 Å². The molecule has 8 nitrogen and oxygen atoms in total. The second-order valence-electron chi connectivity index (χ2n) is 4.03. The number of rotatable bonds is 6. The lowest BCUT2D eigenvalue weighted by atomic mass is 10.2. The van der Waals surface area contributed by atoms with E-state index in [4.69, 9.17) is 5.11 Å². The van der Waals surface area contributed by atoms with E-state index >= 15 is 0 Å². The zero-order chi connectivity index (χ0) is 14.4. The normalized spacial score (nSPS) is 10.2. The van der Waals surface area contributed by atoms with Gasteiger partial charge in [0.2, 0.25) is 5.91 Å². The van der Waals surface area contributed by atoms with Crippen molar-refractivity contribution in [1.29, 1.82) is 0 Å². The molecule has 0 aliphatic carbocycles. The van der Waals surface area contributed by atoms with Gasteiger partial charge in [-0.2, -0.15) is 5.10 Å². The van der Waals surface area contributed by atoms with Crippen molar-refractivity contribution in [2.45, 2.75) is 19.5 Å². The van der Waals surface area contributed by atoms with Gasteiger partial charge in [-0.25, -0.2) is 9.78 Å². The highest BCUT2D eigenvalue weighted by atomic mass is 16.4. The minimum Gasteiger partial charge on any atom is -0.478 e. The second kappa shape index (κ2) is 6.41. The van der Waals surface area contributed by atoms with Gasteiger partial charge in [0.1, 0.15) is 12.7 Å². The molecule has 2 rings (SSSR count). The number of nitrogens with zero attached hydrogens (tertiary/aromatic N) is 4. The first-order valence-electron chi connectivity index (χ1n) is 5.92. The molecule has 0 bridgehead atoms. The molecule has 1 amide bonds. The van der Waals surface area contributed by atoms with Crippen LogP contribution in [0.5, 0.6) is 0 Å². The number of carbonyl (C=O) groups is 2. The van der Waals surface area contributed by atoms with Crippen LogP contribution in [0.15, 0.2) is 31.0 Å². The van der Waals surface area contributed by atoms with Gasteiger partial charge >= 0.3 is 5.97 Å². The highest BCUT2D eigenvalue weighted by Crippen LogP contribution is 2.01. The van der Waals surface area contributed by atoms with Gasteiger partial charge in [0.05, 0.1) is 24.3 Å². The molecule has 8 heteroatoms. The lowest BCUT2D eigenvalue weighted by molar-refractivity contribution is -0.121. The second-order valence-corrected chi connectivity index (χ2v) is 4.03. The number of carboxylic acid groups (broad SMARTS) is 1. The summed E-state index contributed by atoms with van der Waals surface area (Å²) in [5, 5.41) is 15.4. The molecule has 0 fully saturated rings. The molecular weight excluding hydrogens is 262 g/mol. The number of carboxylic acids is 1. The van der Waals surface area contributed by atoms with Crippen LogP contribution in [-0.4, -0.2) is 36.7 Å². The fraction of sp³-hybridized carbons (Fsp3) is 0.250. The van der Waals surface area contributed by atoms with Crippen LogP contribution in [0, 0.1) is 0 Å². The first-order chi connectivity index (χ1) is 9.65. The number of aryl methyl sites for hydroxylation is 1. The number of carbonyl (C=O) groups excluding carboxylic acids is 1. The number of aromatic nitrogens is 4. The number of pyridine rings is 1. The fourth-order valence-electron chi connectivity index (χ4n) is 1.55. The minimum atomic E-state index is -1.02. The Morgan fingerprint density at radius 3 is 2.95 bits per heavy atom. The van der Waals surface area contributed by atoms with Gasteiger partial charge in [-0.3, -0.25) is 14.5 Å². The summed E-state index contributed by atoms with van der Waals surface area (Å²) in [6, 6.07) is 2.83. The molecule has 0 saturated carbocycles. The van der Waals surface area contributed by atoms with Crippen molar-refractivity contribution in [3.63, 3.8) is 0 Å². The summed E-state index contributed by atoms with van der Waals surface area (Å²) in [5.41, 5.74) is 0.644. The average molecular weight is 275 g/mol. The third-order valence-corrected chi connectivity index (χ3v) is 2.56. The van der Waals surface area contributed by atoms with E-state index in [1.54, 1.807) is 4.68 Å². The van der Waals surface area contributed by atoms with Crippen molar-refractivity contribution in [1.82, 2.24) is 25.1 Å². The van der Waals surface area contributed by atoms with E-state index in [9.17, 15) is 9.59 Å². The van der Waals surface area contributed by atoms with Gasteiger partial charge in [-0.1, -0.05) is 0 Å². The number of aromatic carboxylic acids is 1. The summed E-state index contributed by atoms with van der Waals surface area (Å²) < 4.78 is 1.56. The maximum absolute atomic E-state index is 11.6. The summed E-state index contributed by atoms with van der Waals surface area (Å²) in [6.07, 6.45) is 4.60. The lowest BCUT2D eigenvalue weighted by Crippen LogP contribution is -2.24. The molecule has 104 valence electrons. The van der Waals surface area contributed by atoms with Crippen LogP contribution >= 0.6 is 0 Å². The summed E-state index contributed by atoms with van der Waals surface area (Å²) >= 11 is 0. The SMILES string of the molecule is O=C(CCn1cncn1)NCc1cc(C(=O)O)ccn1. The minimum absolute atomic E-state index is 0.145. The molecule has 2 N–H and O–H groups in total. The maximum atomic E-state index is 11.6. The molecule has 0 aliphatic heterocycles. The summed E-state index contributed by atoms with van der Waals surface area (Å²) in [7, 11) is 0. The summed E-state index contributed by atoms with van der Waals surface area (Å²) in [6.45, 7) is 0.631. The van der Waals surface area contributed by atoms with Crippen LogP contribution in [0.2, 0.25) is 0 Å². The molecule has 0 aliphatic rings. The zero-order valence-corrected chi connectivity index (χ0v) is 10.6. The van der Waals surface area contributed by atoms with Crippen molar-refractivity contribution < 1.29 is 14.7 Å². The Hall–Kier alpha value is -2.77. The Labute approximate surface area is 114 Å². The highest BCUT2D eigenvalue weighted by molar-refractivity contribution is 5.87. The van der Waals surface area contributed by atoms with Crippen molar-refractivity contribution >= 4 is 11.9 Å². The number of nitrogens with one attached hydrogen (secondary N) is 1. The summed E-state index contributed by atoms with van der Waals surface area (Å²) in [4.78, 5) is 30.2. The topological polar surface area (TPSA) is 110 Å². The zero-order valence-electron chi connectivity index (χ0n) is 10.6. The third-order valence-electron chi connectivity index (χ3n) is 2.56. The molecule has 0 saturated heterocycles. The van der Waals surface area contributed by atoms with E-state index in [2.05, 4.69) is 20.4 Å². The Morgan fingerprint density at radius 1 is 1.40 bits per heavy atom. The lowest BCUT2D eigenvalue weighted by Gasteiger charge is -2.05. The smallest absolute Gasteiger partial charge is 0.335 e.